The van der Waals surface area contributed by atoms with Crippen molar-refractivity contribution in [1.29, 1.82) is 0 Å². The minimum absolute atomic E-state index is 0.0632. The molecule has 0 aliphatic heterocycles. The summed E-state index contributed by atoms with van der Waals surface area (Å²) in [5.41, 5.74) is 2.14. The predicted octanol–water partition coefficient (Wildman–Crippen LogP) is 1.41. The lowest BCUT2D eigenvalue weighted by molar-refractivity contribution is 0.0689. The average molecular weight is 248 g/mol. The third-order valence-electron chi connectivity index (χ3n) is 2.76. The Morgan fingerprint density at radius 2 is 2.17 bits per heavy atom. The molecule has 0 fully saturated rings. The Labute approximate surface area is 105 Å². The second kappa shape index (κ2) is 5.03. The smallest absolute Gasteiger partial charge is 0.356 e. The molecule has 2 aromatic rings. The molecule has 0 unspecified atom stereocenters. The minimum atomic E-state index is -1.01. The average Bonchev–Trinajstić information content (AvgIpc) is 2.96. The highest BCUT2D eigenvalue weighted by atomic mass is 16.4. The first-order valence-corrected chi connectivity index (χ1v) is 5.96. The maximum absolute atomic E-state index is 10.7. The Bertz CT molecular complexity index is 556. The first-order valence-electron chi connectivity index (χ1n) is 5.96. The van der Waals surface area contributed by atoms with Crippen LogP contribution >= 0.6 is 0 Å². The highest BCUT2D eigenvalue weighted by Crippen LogP contribution is 2.08. The molecule has 0 radical (unpaired) electrons. The van der Waals surface area contributed by atoms with Crippen molar-refractivity contribution in [3.8, 4) is 0 Å². The van der Waals surface area contributed by atoms with Gasteiger partial charge in [-0.05, 0) is 25.5 Å². The molecule has 0 amide bonds. The number of aryl methyl sites for hydroxylation is 2. The Morgan fingerprint density at radius 1 is 1.39 bits per heavy atom. The van der Waals surface area contributed by atoms with E-state index in [1.54, 1.807) is 10.9 Å². The Kier molecular flexibility index (Phi) is 3.45. The van der Waals surface area contributed by atoms with E-state index in [1.807, 2.05) is 17.7 Å². The number of aromatic nitrogens is 4. The molecule has 0 saturated carbocycles. The Morgan fingerprint density at radius 3 is 2.72 bits per heavy atom. The number of hydrogen-bond donors (Lipinski definition) is 1. The first-order chi connectivity index (χ1) is 8.63. The van der Waals surface area contributed by atoms with Gasteiger partial charge in [0.1, 0.15) is 0 Å². The van der Waals surface area contributed by atoms with Gasteiger partial charge in [0.15, 0.2) is 5.69 Å². The van der Waals surface area contributed by atoms with E-state index in [4.69, 9.17) is 5.11 Å². The molecular weight excluding hydrogens is 232 g/mol. The second-order valence-corrected chi connectivity index (χ2v) is 4.00. The fourth-order valence-corrected chi connectivity index (χ4v) is 1.82. The predicted molar refractivity (Wildman–Crippen MR) is 65.6 cm³/mol. The molecule has 2 aromatic heterocycles. The van der Waals surface area contributed by atoms with Gasteiger partial charge in [0, 0.05) is 12.7 Å². The molecule has 0 aromatic carbocycles. The molecule has 1 N–H and O–H groups in total. The summed E-state index contributed by atoms with van der Waals surface area (Å²) in [5.74, 6) is -1.01. The number of aromatic carboxylic acids is 1. The summed E-state index contributed by atoms with van der Waals surface area (Å²) in [6.45, 7) is 5.42. The van der Waals surface area contributed by atoms with Gasteiger partial charge in [-0.2, -0.15) is 10.2 Å². The van der Waals surface area contributed by atoms with Crippen molar-refractivity contribution >= 4 is 5.97 Å². The van der Waals surface area contributed by atoms with Gasteiger partial charge in [-0.3, -0.25) is 9.36 Å². The topological polar surface area (TPSA) is 72.9 Å². The summed E-state index contributed by atoms with van der Waals surface area (Å²) >= 11 is 0. The zero-order chi connectivity index (χ0) is 13.1. The van der Waals surface area contributed by atoms with E-state index < -0.39 is 5.97 Å². The summed E-state index contributed by atoms with van der Waals surface area (Å²) in [6.07, 6.45) is 2.56. The molecule has 0 bridgehead atoms. The van der Waals surface area contributed by atoms with Gasteiger partial charge < -0.3 is 5.11 Å². The van der Waals surface area contributed by atoms with Crippen LogP contribution in [0, 0.1) is 0 Å². The normalized spacial score (nSPS) is 10.8. The maximum atomic E-state index is 10.7. The van der Waals surface area contributed by atoms with Gasteiger partial charge >= 0.3 is 5.97 Å². The number of carboxylic acids is 1. The number of nitrogens with zero attached hydrogens (tertiary/aromatic N) is 4. The molecule has 0 saturated heterocycles. The number of carboxylic acid groups (broad SMARTS) is 1. The third-order valence-corrected chi connectivity index (χ3v) is 2.76. The van der Waals surface area contributed by atoms with Crippen LogP contribution in [0.3, 0.4) is 0 Å². The van der Waals surface area contributed by atoms with Crippen molar-refractivity contribution in [3.05, 3.63) is 35.4 Å². The molecule has 2 rings (SSSR count). The number of rotatable bonds is 5. The van der Waals surface area contributed by atoms with Crippen LogP contribution in [0.2, 0.25) is 0 Å². The van der Waals surface area contributed by atoms with Gasteiger partial charge in [0.25, 0.3) is 0 Å². The summed E-state index contributed by atoms with van der Waals surface area (Å²) in [5, 5.41) is 17.2. The molecule has 2 heterocycles. The van der Waals surface area contributed by atoms with E-state index in [0.717, 1.165) is 24.4 Å². The molecule has 0 atom stereocenters. The quantitative estimate of drug-likeness (QED) is 0.868. The van der Waals surface area contributed by atoms with E-state index >= 15 is 0 Å². The van der Waals surface area contributed by atoms with Crippen LogP contribution in [0.5, 0.6) is 0 Å². The lowest BCUT2D eigenvalue weighted by Crippen LogP contribution is -2.09. The highest BCUT2D eigenvalue weighted by molar-refractivity contribution is 5.85. The van der Waals surface area contributed by atoms with Crippen LogP contribution in [-0.2, 0) is 19.5 Å². The first kappa shape index (κ1) is 12.3. The largest absolute Gasteiger partial charge is 0.476 e. The summed E-state index contributed by atoms with van der Waals surface area (Å²) in [7, 11) is 0. The van der Waals surface area contributed by atoms with Crippen LogP contribution in [0.4, 0.5) is 0 Å². The van der Waals surface area contributed by atoms with E-state index in [9.17, 15) is 4.79 Å². The molecule has 0 spiro atoms. The molecule has 18 heavy (non-hydrogen) atoms. The Hall–Kier alpha value is -2.11. The monoisotopic (exact) mass is 248 g/mol. The van der Waals surface area contributed by atoms with Crippen molar-refractivity contribution in [3.63, 3.8) is 0 Å². The maximum Gasteiger partial charge on any atom is 0.356 e. The lowest BCUT2D eigenvalue weighted by atomic mass is 10.3. The fraction of sp³-hybridized carbons (Fsp3) is 0.417. The number of carbonyl (C=O) groups is 1. The minimum Gasteiger partial charge on any atom is -0.476 e. The Balaban J connectivity index is 2.21. The highest BCUT2D eigenvalue weighted by Gasteiger charge is 2.10. The van der Waals surface area contributed by atoms with Gasteiger partial charge in [-0.25, -0.2) is 4.79 Å². The van der Waals surface area contributed by atoms with E-state index in [0.29, 0.717) is 6.54 Å². The SMILES string of the molecule is CCc1cc(Cn2ccc(C(=O)O)n2)n(CC)n1. The molecule has 0 aliphatic carbocycles. The number of hydrogen-bond acceptors (Lipinski definition) is 3. The molecule has 6 nitrogen and oxygen atoms in total. The van der Waals surface area contributed by atoms with Crippen molar-refractivity contribution < 1.29 is 9.90 Å². The van der Waals surface area contributed by atoms with Crippen molar-refractivity contribution in [2.24, 2.45) is 0 Å². The van der Waals surface area contributed by atoms with Crippen LogP contribution in [0.1, 0.15) is 35.7 Å². The molecule has 96 valence electrons. The van der Waals surface area contributed by atoms with Crippen LogP contribution in [-0.4, -0.2) is 30.6 Å². The van der Waals surface area contributed by atoms with Gasteiger partial charge in [0.05, 0.1) is 17.9 Å². The van der Waals surface area contributed by atoms with E-state index in [1.165, 1.54) is 6.07 Å². The molecule has 0 aliphatic rings. The summed E-state index contributed by atoms with van der Waals surface area (Å²) in [4.78, 5) is 10.7. The fourth-order valence-electron chi connectivity index (χ4n) is 1.82. The van der Waals surface area contributed by atoms with Gasteiger partial charge in [0.2, 0.25) is 0 Å². The third kappa shape index (κ3) is 2.42. The standard InChI is InChI=1S/C12H16N4O2/c1-3-9-7-10(16(4-2)13-9)8-15-6-5-11(14-15)12(17)18/h5-7H,3-4,8H2,1-2H3,(H,17,18). The van der Waals surface area contributed by atoms with E-state index in [2.05, 4.69) is 17.1 Å². The zero-order valence-corrected chi connectivity index (χ0v) is 10.5. The van der Waals surface area contributed by atoms with Crippen molar-refractivity contribution in [2.45, 2.75) is 33.4 Å². The molecular formula is C12H16N4O2. The lowest BCUT2D eigenvalue weighted by Gasteiger charge is -2.04. The van der Waals surface area contributed by atoms with Crippen molar-refractivity contribution in [1.82, 2.24) is 19.6 Å². The summed E-state index contributed by atoms with van der Waals surface area (Å²) < 4.78 is 3.53. The van der Waals surface area contributed by atoms with Gasteiger partial charge in [-0.1, -0.05) is 6.92 Å². The van der Waals surface area contributed by atoms with Crippen molar-refractivity contribution in [2.75, 3.05) is 0 Å². The summed E-state index contributed by atoms with van der Waals surface area (Å²) in [6, 6.07) is 3.53. The zero-order valence-electron chi connectivity index (χ0n) is 10.5. The van der Waals surface area contributed by atoms with Crippen LogP contribution in [0.25, 0.3) is 0 Å². The second-order valence-electron chi connectivity index (χ2n) is 4.00. The van der Waals surface area contributed by atoms with E-state index in [-0.39, 0.29) is 5.69 Å². The van der Waals surface area contributed by atoms with Crippen LogP contribution in [0.15, 0.2) is 18.3 Å². The molecule has 6 heteroatoms. The van der Waals surface area contributed by atoms with Gasteiger partial charge in [-0.15, -0.1) is 0 Å². The van der Waals surface area contributed by atoms with Crippen LogP contribution < -0.4 is 0 Å².